The molecule has 1 saturated heterocycles. The van der Waals surface area contributed by atoms with Gasteiger partial charge in [-0.15, -0.1) is 0 Å². The maximum absolute atomic E-state index is 14.2. The number of hydrogen-bond donors (Lipinski definition) is 0. The highest BCUT2D eigenvalue weighted by molar-refractivity contribution is 7.90. The molecule has 2 aliphatic rings. The summed E-state index contributed by atoms with van der Waals surface area (Å²) >= 11 is 0. The standard InChI is InChI=1S/C22H28FN3O5S/c1-22(2,3)31-21(28)26-9-7-14(8-10-26)18(27)12-16-13-24-20(25-16)15-5-6-19(17(23)11-15)32(4,29)30/h5-6,11,14H,7-10,12-13H2,1-4H3. The first kappa shape index (κ1) is 24.0. The van der Waals surface area contributed by atoms with Crippen LogP contribution in [0.25, 0.3) is 0 Å². The number of aliphatic imine (C=N–C) groups is 2. The van der Waals surface area contributed by atoms with Crippen LogP contribution in [0, 0.1) is 11.7 Å². The Morgan fingerprint density at radius 3 is 2.44 bits per heavy atom. The van der Waals surface area contributed by atoms with Crippen molar-refractivity contribution >= 4 is 33.3 Å². The fourth-order valence-corrected chi connectivity index (χ4v) is 4.36. The minimum atomic E-state index is -3.66. The lowest BCUT2D eigenvalue weighted by molar-refractivity contribution is -0.123. The number of Topliss-reactive ketones (excluding diaryl/α,β-unsaturated/α-hetero) is 1. The number of piperidine rings is 1. The lowest BCUT2D eigenvalue weighted by Crippen LogP contribution is -2.43. The molecule has 0 saturated carbocycles. The molecule has 1 aromatic carbocycles. The smallest absolute Gasteiger partial charge is 0.410 e. The predicted molar refractivity (Wildman–Crippen MR) is 119 cm³/mol. The van der Waals surface area contributed by atoms with Crippen LogP contribution in [0.2, 0.25) is 0 Å². The second-order valence-electron chi connectivity index (χ2n) is 9.12. The van der Waals surface area contributed by atoms with E-state index in [0.717, 1.165) is 12.3 Å². The highest BCUT2D eigenvalue weighted by atomic mass is 32.2. The van der Waals surface area contributed by atoms with Gasteiger partial charge >= 0.3 is 6.09 Å². The van der Waals surface area contributed by atoms with E-state index in [1.54, 1.807) is 4.90 Å². The minimum Gasteiger partial charge on any atom is -0.444 e. The van der Waals surface area contributed by atoms with Crippen LogP contribution in [0.1, 0.15) is 45.6 Å². The van der Waals surface area contributed by atoms with Gasteiger partial charge in [0.1, 0.15) is 22.1 Å². The summed E-state index contributed by atoms with van der Waals surface area (Å²) in [4.78, 5) is 34.7. The molecule has 0 radical (unpaired) electrons. The molecular weight excluding hydrogens is 437 g/mol. The third-order valence-corrected chi connectivity index (χ3v) is 6.38. The van der Waals surface area contributed by atoms with E-state index in [0.29, 0.717) is 37.2 Å². The summed E-state index contributed by atoms with van der Waals surface area (Å²) in [6, 6.07) is 3.74. The van der Waals surface area contributed by atoms with Crippen LogP contribution in [-0.2, 0) is 19.4 Å². The molecule has 174 valence electrons. The van der Waals surface area contributed by atoms with E-state index in [1.807, 2.05) is 20.8 Å². The van der Waals surface area contributed by atoms with Gasteiger partial charge in [-0.05, 0) is 51.8 Å². The molecule has 0 bridgehead atoms. The van der Waals surface area contributed by atoms with Crippen molar-refractivity contribution in [1.82, 2.24) is 4.90 Å². The number of ether oxygens (including phenoxy) is 1. The number of ketones is 1. The molecule has 0 N–H and O–H groups in total. The van der Waals surface area contributed by atoms with Gasteiger partial charge in [-0.1, -0.05) is 0 Å². The van der Waals surface area contributed by atoms with Crippen LogP contribution in [0.4, 0.5) is 9.18 Å². The normalized spacial score (nSPS) is 17.7. The Hall–Kier alpha value is -2.62. The van der Waals surface area contributed by atoms with Crippen molar-refractivity contribution in [2.24, 2.45) is 15.9 Å². The number of likely N-dealkylation sites (tertiary alicyclic amines) is 1. The average molecular weight is 466 g/mol. The third kappa shape index (κ3) is 5.99. The highest BCUT2D eigenvalue weighted by Crippen LogP contribution is 2.23. The molecule has 8 nitrogen and oxygen atoms in total. The van der Waals surface area contributed by atoms with Crippen LogP contribution in [0.5, 0.6) is 0 Å². The Labute approximate surface area is 187 Å². The van der Waals surface area contributed by atoms with E-state index in [9.17, 15) is 22.4 Å². The predicted octanol–water partition coefficient (Wildman–Crippen LogP) is 3.04. The summed E-state index contributed by atoms with van der Waals surface area (Å²) in [7, 11) is -3.66. The topological polar surface area (TPSA) is 105 Å². The van der Waals surface area contributed by atoms with Crippen molar-refractivity contribution in [1.29, 1.82) is 0 Å². The number of hydrogen-bond acceptors (Lipinski definition) is 7. The van der Waals surface area contributed by atoms with Crippen molar-refractivity contribution in [2.45, 2.75) is 50.5 Å². The Balaban J connectivity index is 1.56. The number of halogens is 1. The van der Waals surface area contributed by atoms with E-state index < -0.39 is 21.3 Å². The van der Waals surface area contributed by atoms with Gasteiger partial charge in [-0.2, -0.15) is 0 Å². The Morgan fingerprint density at radius 1 is 1.22 bits per heavy atom. The molecule has 10 heteroatoms. The van der Waals surface area contributed by atoms with Gasteiger partial charge in [0.2, 0.25) is 0 Å². The van der Waals surface area contributed by atoms with Gasteiger partial charge in [0.05, 0.1) is 6.54 Å². The molecule has 0 aliphatic carbocycles. The highest BCUT2D eigenvalue weighted by Gasteiger charge is 2.30. The van der Waals surface area contributed by atoms with Gasteiger partial charge in [0.25, 0.3) is 0 Å². The maximum atomic E-state index is 14.2. The fraction of sp³-hybridized carbons (Fsp3) is 0.545. The van der Waals surface area contributed by atoms with E-state index in [2.05, 4.69) is 9.98 Å². The monoisotopic (exact) mass is 465 g/mol. The van der Waals surface area contributed by atoms with Gasteiger partial charge in [0, 0.05) is 43.0 Å². The third-order valence-electron chi connectivity index (χ3n) is 5.25. The van der Waals surface area contributed by atoms with Crippen molar-refractivity contribution in [3.63, 3.8) is 0 Å². The lowest BCUT2D eigenvalue weighted by atomic mass is 9.90. The molecule has 2 heterocycles. The summed E-state index contributed by atoms with van der Waals surface area (Å²) in [6.07, 6.45) is 1.86. The number of carbonyl (C=O) groups is 2. The first-order valence-corrected chi connectivity index (χ1v) is 12.3. The van der Waals surface area contributed by atoms with Crippen molar-refractivity contribution in [2.75, 3.05) is 25.9 Å². The largest absolute Gasteiger partial charge is 0.444 e. The number of amidine groups is 1. The zero-order valence-corrected chi connectivity index (χ0v) is 19.5. The van der Waals surface area contributed by atoms with E-state index in [-0.39, 0.29) is 41.5 Å². The van der Waals surface area contributed by atoms with Crippen LogP contribution >= 0.6 is 0 Å². The second kappa shape index (κ2) is 9.09. The first-order chi connectivity index (χ1) is 14.8. The fourth-order valence-electron chi connectivity index (χ4n) is 3.63. The van der Waals surface area contributed by atoms with E-state index in [4.69, 9.17) is 4.74 Å². The van der Waals surface area contributed by atoms with Crippen LogP contribution < -0.4 is 0 Å². The van der Waals surface area contributed by atoms with Crippen LogP contribution in [0.3, 0.4) is 0 Å². The van der Waals surface area contributed by atoms with Crippen molar-refractivity contribution in [3.8, 4) is 0 Å². The number of rotatable bonds is 5. The van der Waals surface area contributed by atoms with Gasteiger partial charge in [-0.3, -0.25) is 9.79 Å². The number of amides is 1. The number of sulfone groups is 1. The van der Waals surface area contributed by atoms with Gasteiger partial charge in [0.15, 0.2) is 15.7 Å². The summed E-state index contributed by atoms with van der Waals surface area (Å²) in [5, 5.41) is 0. The molecule has 1 amide bonds. The average Bonchev–Trinajstić information content (AvgIpc) is 3.14. The molecule has 1 aromatic rings. The molecule has 1 fully saturated rings. The maximum Gasteiger partial charge on any atom is 0.410 e. The quantitative estimate of drug-likeness (QED) is 0.665. The van der Waals surface area contributed by atoms with Crippen LogP contribution in [0.15, 0.2) is 33.1 Å². The molecule has 0 atom stereocenters. The molecule has 0 aromatic heterocycles. The Bertz CT molecular complexity index is 1080. The van der Waals surface area contributed by atoms with Crippen LogP contribution in [-0.4, -0.2) is 68.2 Å². The van der Waals surface area contributed by atoms with E-state index in [1.165, 1.54) is 12.1 Å². The number of carbonyl (C=O) groups excluding carboxylic acids is 2. The molecule has 0 spiro atoms. The van der Waals surface area contributed by atoms with Crippen molar-refractivity contribution < 1.29 is 27.1 Å². The Morgan fingerprint density at radius 2 is 1.88 bits per heavy atom. The number of nitrogens with zero attached hydrogens (tertiary/aromatic N) is 3. The first-order valence-electron chi connectivity index (χ1n) is 10.4. The lowest BCUT2D eigenvalue weighted by Gasteiger charge is -2.32. The Kier molecular flexibility index (Phi) is 6.83. The SMILES string of the molecule is CC(C)(C)OC(=O)N1CCC(C(=O)CC2=NC(c3ccc(S(C)(=O)=O)c(F)c3)=NC2)CC1. The second-order valence-corrected chi connectivity index (χ2v) is 11.1. The molecule has 2 aliphatic heterocycles. The summed E-state index contributed by atoms with van der Waals surface area (Å²) in [5.41, 5.74) is 0.394. The number of benzene rings is 1. The van der Waals surface area contributed by atoms with E-state index >= 15 is 0 Å². The zero-order chi connectivity index (χ0) is 23.7. The molecule has 32 heavy (non-hydrogen) atoms. The summed E-state index contributed by atoms with van der Waals surface area (Å²) < 4.78 is 42.7. The molecule has 0 unspecified atom stereocenters. The molecule has 3 rings (SSSR count). The van der Waals surface area contributed by atoms with Gasteiger partial charge < -0.3 is 9.64 Å². The summed E-state index contributed by atoms with van der Waals surface area (Å²) in [6.45, 7) is 6.61. The van der Waals surface area contributed by atoms with Gasteiger partial charge in [-0.25, -0.2) is 22.6 Å². The molecular formula is C22H28FN3O5S. The zero-order valence-electron chi connectivity index (χ0n) is 18.7. The summed E-state index contributed by atoms with van der Waals surface area (Å²) in [5.74, 6) is -0.690. The minimum absolute atomic E-state index is 0.0441. The van der Waals surface area contributed by atoms with Crippen molar-refractivity contribution in [3.05, 3.63) is 29.6 Å².